The van der Waals surface area contributed by atoms with Crippen molar-refractivity contribution < 1.29 is 4.79 Å². The lowest BCUT2D eigenvalue weighted by Crippen LogP contribution is -2.40. The first-order valence-corrected chi connectivity index (χ1v) is 8.24. The number of halogens is 1. The van der Waals surface area contributed by atoms with Gasteiger partial charge >= 0.3 is 0 Å². The largest absolute Gasteiger partial charge is 0.353 e. The fraction of sp³-hybridized carbons (Fsp3) is 0.611. The minimum Gasteiger partial charge on any atom is -0.353 e. The lowest BCUT2D eigenvalue weighted by molar-refractivity contribution is -0.122. The standard InChI is InChI=1S/C18H28N2O.ClH/c1-14-6-8-15(9-7-14)4-2-3-5-18(21)20-17-12-10-16(19)11-13-17;/h6-9,16-17H,2-5,10-13,19H2,1H3,(H,20,21);1H. The molecule has 1 saturated carbocycles. The van der Waals surface area contributed by atoms with Gasteiger partial charge in [0.25, 0.3) is 0 Å². The van der Waals surface area contributed by atoms with E-state index in [1.807, 2.05) is 0 Å². The number of hydrogen-bond acceptors (Lipinski definition) is 2. The van der Waals surface area contributed by atoms with Crippen LogP contribution in [0.15, 0.2) is 24.3 Å². The second-order valence-corrected chi connectivity index (χ2v) is 6.37. The fourth-order valence-electron chi connectivity index (χ4n) is 2.93. The van der Waals surface area contributed by atoms with Gasteiger partial charge in [-0.05, 0) is 57.4 Å². The highest BCUT2D eigenvalue weighted by Crippen LogP contribution is 2.17. The van der Waals surface area contributed by atoms with E-state index < -0.39 is 0 Å². The maximum Gasteiger partial charge on any atom is 0.220 e. The highest BCUT2D eigenvalue weighted by atomic mass is 35.5. The van der Waals surface area contributed by atoms with E-state index in [0.717, 1.165) is 44.9 Å². The molecule has 124 valence electrons. The number of carbonyl (C=O) groups is 1. The van der Waals surface area contributed by atoms with Crippen molar-refractivity contribution in [2.75, 3.05) is 0 Å². The van der Waals surface area contributed by atoms with Crippen molar-refractivity contribution in [3.05, 3.63) is 35.4 Å². The summed E-state index contributed by atoms with van der Waals surface area (Å²) in [5.41, 5.74) is 8.54. The molecular weight excluding hydrogens is 296 g/mol. The Morgan fingerprint density at radius 2 is 1.77 bits per heavy atom. The van der Waals surface area contributed by atoms with E-state index in [4.69, 9.17) is 5.73 Å². The number of aryl methyl sites for hydroxylation is 2. The number of hydrogen-bond donors (Lipinski definition) is 2. The Morgan fingerprint density at radius 1 is 1.14 bits per heavy atom. The Kier molecular flexibility index (Phi) is 8.51. The maximum absolute atomic E-state index is 11.9. The summed E-state index contributed by atoms with van der Waals surface area (Å²) < 4.78 is 0. The van der Waals surface area contributed by atoms with Crippen LogP contribution in [0.1, 0.15) is 56.1 Å². The van der Waals surface area contributed by atoms with E-state index >= 15 is 0 Å². The van der Waals surface area contributed by atoms with Crippen LogP contribution in [-0.2, 0) is 11.2 Å². The highest BCUT2D eigenvalue weighted by molar-refractivity contribution is 5.85. The van der Waals surface area contributed by atoms with Crippen molar-refractivity contribution in [3.63, 3.8) is 0 Å². The molecule has 0 aromatic heterocycles. The summed E-state index contributed by atoms with van der Waals surface area (Å²) in [4.78, 5) is 11.9. The summed E-state index contributed by atoms with van der Waals surface area (Å²) in [5, 5.41) is 3.15. The molecule has 22 heavy (non-hydrogen) atoms. The van der Waals surface area contributed by atoms with Crippen molar-refractivity contribution in [1.29, 1.82) is 0 Å². The molecule has 0 atom stereocenters. The van der Waals surface area contributed by atoms with Crippen LogP contribution < -0.4 is 11.1 Å². The molecule has 1 aromatic rings. The van der Waals surface area contributed by atoms with Gasteiger partial charge in [0, 0.05) is 18.5 Å². The van der Waals surface area contributed by atoms with Crippen LogP contribution in [0.3, 0.4) is 0 Å². The molecule has 0 aliphatic heterocycles. The van der Waals surface area contributed by atoms with E-state index in [9.17, 15) is 4.79 Å². The van der Waals surface area contributed by atoms with Crippen LogP contribution in [0, 0.1) is 6.92 Å². The smallest absolute Gasteiger partial charge is 0.220 e. The average Bonchev–Trinajstić information content (AvgIpc) is 2.48. The Balaban J connectivity index is 0.00000242. The number of benzene rings is 1. The summed E-state index contributed by atoms with van der Waals surface area (Å²) in [6.07, 6.45) is 7.90. The number of amides is 1. The van der Waals surface area contributed by atoms with Gasteiger partial charge < -0.3 is 11.1 Å². The minimum absolute atomic E-state index is 0. The molecule has 1 aliphatic carbocycles. The first-order valence-electron chi connectivity index (χ1n) is 8.24. The molecule has 3 nitrogen and oxygen atoms in total. The topological polar surface area (TPSA) is 55.1 Å². The molecule has 0 heterocycles. The molecule has 0 spiro atoms. The van der Waals surface area contributed by atoms with E-state index in [-0.39, 0.29) is 18.3 Å². The van der Waals surface area contributed by atoms with Crippen LogP contribution in [0.4, 0.5) is 0 Å². The molecule has 1 fully saturated rings. The van der Waals surface area contributed by atoms with Crippen molar-refractivity contribution in [1.82, 2.24) is 5.32 Å². The summed E-state index contributed by atoms with van der Waals surface area (Å²) in [6, 6.07) is 9.36. The molecule has 1 aliphatic rings. The van der Waals surface area contributed by atoms with Gasteiger partial charge in [-0.1, -0.05) is 29.8 Å². The molecule has 1 aromatic carbocycles. The van der Waals surface area contributed by atoms with Gasteiger partial charge in [-0.15, -0.1) is 12.4 Å². The van der Waals surface area contributed by atoms with Crippen molar-refractivity contribution in [2.45, 2.75) is 70.4 Å². The number of unbranched alkanes of at least 4 members (excludes halogenated alkanes) is 1. The summed E-state index contributed by atoms with van der Waals surface area (Å²) >= 11 is 0. The summed E-state index contributed by atoms with van der Waals surface area (Å²) in [6.45, 7) is 2.10. The molecule has 4 heteroatoms. The monoisotopic (exact) mass is 324 g/mol. The van der Waals surface area contributed by atoms with Crippen molar-refractivity contribution >= 4 is 18.3 Å². The fourth-order valence-corrected chi connectivity index (χ4v) is 2.93. The van der Waals surface area contributed by atoms with Gasteiger partial charge in [-0.2, -0.15) is 0 Å². The third-order valence-electron chi connectivity index (χ3n) is 4.38. The Labute approximate surface area is 140 Å². The SMILES string of the molecule is Cc1ccc(CCCCC(=O)NC2CCC(N)CC2)cc1.Cl. The first kappa shape index (κ1) is 19.0. The molecular formula is C18H29ClN2O. The highest BCUT2D eigenvalue weighted by Gasteiger charge is 2.19. The number of carbonyl (C=O) groups excluding carboxylic acids is 1. The predicted molar refractivity (Wildman–Crippen MR) is 94.4 cm³/mol. The molecule has 0 bridgehead atoms. The molecule has 3 N–H and O–H groups in total. The third-order valence-corrected chi connectivity index (χ3v) is 4.38. The van der Waals surface area contributed by atoms with E-state index in [2.05, 4.69) is 36.5 Å². The second-order valence-electron chi connectivity index (χ2n) is 6.37. The maximum atomic E-state index is 11.9. The van der Waals surface area contributed by atoms with Crippen LogP contribution >= 0.6 is 12.4 Å². The van der Waals surface area contributed by atoms with E-state index in [1.165, 1.54) is 11.1 Å². The van der Waals surface area contributed by atoms with Crippen molar-refractivity contribution in [3.8, 4) is 0 Å². The van der Waals surface area contributed by atoms with Gasteiger partial charge in [0.15, 0.2) is 0 Å². The Morgan fingerprint density at radius 3 is 2.41 bits per heavy atom. The quantitative estimate of drug-likeness (QED) is 0.787. The lowest BCUT2D eigenvalue weighted by Gasteiger charge is -2.26. The van der Waals surface area contributed by atoms with Gasteiger partial charge in [-0.3, -0.25) is 4.79 Å². The zero-order valence-electron chi connectivity index (χ0n) is 13.5. The number of nitrogens with one attached hydrogen (secondary N) is 1. The molecule has 0 unspecified atom stereocenters. The summed E-state index contributed by atoms with van der Waals surface area (Å²) in [7, 11) is 0. The van der Waals surface area contributed by atoms with Crippen molar-refractivity contribution in [2.24, 2.45) is 5.73 Å². The van der Waals surface area contributed by atoms with Crippen LogP contribution in [-0.4, -0.2) is 18.0 Å². The number of rotatable bonds is 6. The van der Waals surface area contributed by atoms with Crippen LogP contribution in [0.2, 0.25) is 0 Å². The average molecular weight is 325 g/mol. The normalized spacial score (nSPS) is 21.0. The van der Waals surface area contributed by atoms with Gasteiger partial charge in [0.1, 0.15) is 0 Å². The van der Waals surface area contributed by atoms with E-state index in [0.29, 0.717) is 18.5 Å². The molecule has 1 amide bonds. The van der Waals surface area contributed by atoms with Gasteiger partial charge in [0.2, 0.25) is 5.91 Å². The third kappa shape index (κ3) is 6.80. The molecule has 2 rings (SSSR count). The summed E-state index contributed by atoms with van der Waals surface area (Å²) in [5.74, 6) is 0.208. The molecule has 0 saturated heterocycles. The Bertz CT molecular complexity index is 439. The zero-order valence-corrected chi connectivity index (χ0v) is 14.3. The van der Waals surface area contributed by atoms with Crippen LogP contribution in [0.25, 0.3) is 0 Å². The number of nitrogens with two attached hydrogens (primary N) is 1. The second kappa shape index (κ2) is 9.86. The van der Waals surface area contributed by atoms with E-state index in [1.54, 1.807) is 0 Å². The Hall–Kier alpha value is -1.06. The minimum atomic E-state index is 0. The lowest BCUT2D eigenvalue weighted by atomic mass is 9.92. The van der Waals surface area contributed by atoms with Crippen LogP contribution in [0.5, 0.6) is 0 Å². The zero-order chi connectivity index (χ0) is 15.1. The van der Waals surface area contributed by atoms with Gasteiger partial charge in [0.05, 0.1) is 0 Å². The predicted octanol–water partition coefficient (Wildman–Crippen LogP) is 3.52. The van der Waals surface area contributed by atoms with Gasteiger partial charge in [-0.25, -0.2) is 0 Å². The molecule has 0 radical (unpaired) electrons. The first-order chi connectivity index (χ1) is 10.1.